The van der Waals surface area contributed by atoms with Gasteiger partial charge in [-0.05, 0) is 43.5 Å². The van der Waals surface area contributed by atoms with Crippen LogP contribution in [0.4, 0.5) is 5.69 Å². The molecule has 6 nitrogen and oxygen atoms in total. The van der Waals surface area contributed by atoms with Gasteiger partial charge in [0.05, 0.1) is 30.4 Å². The molecule has 2 aromatic rings. The van der Waals surface area contributed by atoms with Gasteiger partial charge in [-0.15, -0.1) is 0 Å². The van der Waals surface area contributed by atoms with Crippen molar-refractivity contribution in [2.24, 2.45) is 0 Å². The number of anilines is 1. The smallest absolute Gasteiger partial charge is 0.254 e. The average molecular weight is 437 g/mol. The number of para-hydroxylation sites is 2. The molecule has 2 amide bonds. The Morgan fingerprint density at radius 2 is 1.81 bits per heavy atom. The van der Waals surface area contributed by atoms with Gasteiger partial charge in [0.15, 0.2) is 0 Å². The number of methoxy groups -OCH3 is 1. The minimum atomic E-state index is -0.549. The van der Waals surface area contributed by atoms with Gasteiger partial charge in [0.2, 0.25) is 5.91 Å². The van der Waals surface area contributed by atoms with Crippen LogP contribution in [0.1, 0.15) is 60.9 Å². The van der Waals surface area contributed by atoms with Crippen LogP contribution in [0.2, 0.25) is 0 Å². The van der Waals surface area contributed by atoms with Crippen molar-refractivity contribution in [3.05, 3.63) is 59.7 Å². The summed E-state index contributed by atoms with van der Waals surface area (Å²) in [5.74, 6) is 0.0976. The largest absolute Gasteiger partial charge is 0.492 e. The Balaban J connectivity index is 1.79. The fourth-order valence-electron chi connectivity index (χ4n) is 5.41. The van der Waals surface area contributed by atoms with Crippen molar-refractivity contribution in [2.75, 3.05) is 32.2 Å². The summed E-state index contributed by atoms with van der Waals surface area (Å²) in [6.07, 6.45) is 4.73. The second kappa shape index (κ2) is 9.74. The van der Waals surface area contributed by atoms with Gasteiger partial charge in [-0.25, -0.2) is 0 Å². The zero-order chi connectivity index (χ0) is 22.6. The highest BCUT2D eigenvalue weighted by Gasteiger charge is 2.54. The number of nitrogens with zero attached hydrogens (tertiary/aromatic N) is 1. The number of rotatable bonds is 7. The number of hydrogen-bond acceptors (Lipinski definition) is 4. The quantitative estimate of drug-likeness (QED) is 0.688. The summed E-state index contributed by atoms with van der Waals surface area (Å²) in [5.41, 5.74) is 1.54. The van der Waals surface area contributed by atoms with Crippen LogP contribution in [-0.2, 0) is 9.53 Å². The van der Waals surface area contributed by atoms with Crippen LogP contribution in [-0.4, -0.2) is 49.1 Å². The van der Waals surface area contributed by atoms with Crippen molar-refractivity contribution in [1.29, 1.82) is 0 Å². The summed E-state index contributed by atoms with van der Waals surface area (Å²) >= 11 is 0. The number of ether oxygens (including phenoxy) is 2. The molecular formula is C26H32N2O4. The summed E-state index contributed by atoms with van der Waals surface area (Å²) < 4.78 is 11.1. The molecule has 0 aromatic heterocycles. The van der Waals surface area contributed by atoms with E-state index in [1.54, 1.807) is 7.11 Å². The molecule has 1 saturated carbocycles. The molecule has 1 aliphatic heterocycles. The predicted octanol–water partition coefficient (Wildman–Crippen LogP) is 4.61. The summed E-state index contributed by atoms with van der Waals surface area (Å²) in [4.78, 5) is 29.5. The van der Waals surface area contributed by atoms with Crippen LogP contribution in [0.15, 0.2) is 48.5 Å². The van der Waals surface area contributed by atoms with E-state index >= 15 is 0 Å². The van der Waals surface area contributed by atoms with Crippen LogP contribution < -0.4 is 10.1 Å². The van der Waals surface area contributed by atoms with Gasteiger partial charge < -0.3 is 19.7 Å². The van der Waals surface area contributed by atoms with E-state index in [0.717, 1.165) is 37.7 Å². The first-order chi connectivity index (χ1) is 15.6. The minimum Gasteiger partial charge on any atom is -0.492 e. The molecule has 0 saturated heterocycles. The van der Waals surface area contributed by atoms with E-state index in [4.69, 9.17) is 9.47 Å². The topological polar surface area (TPSA) is 67.9 Å². The first-order valence-electron chi connectivity index (χ1n) is 11.5. The lowest BCUT2D eigenvalue weighted by molar-refractivity contribution is -0.122. The molecular weight excluding hydrogens is 404 g/mol. The van der Waals surface area contributed by atoms with E-state index in [9.17, 15) is 9.59 Å². The molecule has 4 rings (SSSR count). The lowest BCUT2D eigenvalue weighted by atomic mass is 9.65. The Labute approximate surface area is 189 Å². The van der Waals surface area contributed by atoms with E-state index in [1.807, 2.05) is 60.4 Å². The first-order valence-corrected chi connectivity index (χ1v) is 11.5. The molecule has 0 bridgehead atoms. The van der Waals surface area contributed by atoms with E-state index in [2.05, 4.69) is 5.32 Å². The molecule has 1 heterocycles. The van der Waals surface area contributed by atoms with E-state index in [0.29, 0.717) is 36.8 Å². The molecule has 1 spiro atoms. The maximum atomic E-state index is 14.0. The normalized spacial score (nSPS) is 19.5. The Morgan fingerprint density at radius 1 is 1.09 bits per heavy atom. The van der Waals surface area contributed by atoms with Gasteiger partial charge in [0.1, 0.15) is 5.75 Å². The summed E-state index contributed by atoms with van der Waals surface area (Å²) in [6.45, 7) is 3.36. The average Bonchev–Trinajstić information content (AvgIpc) is 2.81. The van der Waals surface area contributed by atoms with Crippen LogP contribution in [0.25, 0.3) is 0 Å². The third kappa shape index (κ3) is 3.99. The molecule has 1 N–H and O–H groups in total. The molecule has 1 aliphatic carbocycles. The fraction of sp³-hybridized carbons (Fsp3) is 0.462. The van der Waals surface area contributed by atoms with Crippen LogP contribution in [0.3, 0.4) is 0 Å². The van der Waals surface area contributed by atoms with Crippen molar-refractivity contribution in [3.63, 3.8) is 0 Å². The third-order valence-electron chi connectivity index (χ3n) is 6.77. The number of hydrogen-bond donors (Lipinski definition) is 1. The SMILES string of the molecule is CCOc1ccccc1NC(=O)C1c2ccccc2C(=O)N(CCOC)C12CCCCC2. The van der Waals surface area contributed by atoms with Crippen LogP contribution >= 0.6 is 0 Å². The second-order valence-electron chi connectivity index (χ2n) is 8.55. The van der Waals surface area contributed by atoms with Crippen molar-refractivity contribution >= 4 is 17.5 Å². The maximum Gasteiger partial charge on any atom is 0.254 e. The maximum absolute atomic E-state index is 14.0. The Kier molecular flexibility index (Phi) is 6.80. The van der Waals surface area contributed by atoms with Gasteiger partial charge in [-0.1, -0.05) is 49.6 Å². The predicted molar refractivity (Wildman–Crippen MR) is 124 cm³/mol. The van der Waals surface area contributed by atoms with Crippen molar-refractivity contribution < 1.29 is 19.1 Å². The van der Waals surface area contributed by atoms with Crippen LogP contribution in [0, 0.1) is 0 Å². The van der Waals surface area contributed by atoms with Crippen molar-refractivity contribution in [1.82, 2.24) is 4.90 Å². The standard InChI is InChI=1S/C26H32N2O4/c1-3-32-22-14-8-7-13-21(22)27-24(29)23-19-11-5-6-12-20(19)25(30)28(17-18-31-2)26(23)15-9-4-10-16-26/h5-8,11-14,23H,3-4,9-10,15-18H2,1-2H3,(H,27,29). The minimum absolute atomic E-state index is 0.00156. The number of fused-ring (bicyclic) bond motifs is 1. The number of benzene rings is 2. The summed E-state index contributed by atoms with van der Waals surface area (Å²) in [5, 5.41) is 3.14. The van der Waals surface area contributed by atoms with E-state index in [1.165, 1.54) is 0 Å². The van der Waals surface area contributed by atoms with Gasteiger partial charge in [0, 0.05) is 19.2 Å². The van der Waals surface area contributed by atoms with E-state index in [-0.39, 0.29) is 11.8 Å². The zero-order valence-corrected chi connectivity index (χ0v) is 18.9. The molecule has 2 aromatic carbocycles. The molecule has 6 heteroatoms. The Morgan fingerprint density at radius 3 is 2.56 bits per heavy atom. The fourth-order valence-corrected chi connectivity index (χ4v) is 5.41. The molecule has 1 atom stereocenters. The number of amides is 2. The highest BCUT2D eigenvalue weighted by atomic mass is 16.5. The Bertz CT molecular complexity index is 968. The monoisotopic (exact) mass is 436 g/mol. The van der Waals surface area contributed by atoms with Gasteiger partial charge in [-0.3, -0.25) is 9.59 Å². The number of carbonyl (C=O) groups is 2. The molecule has 170 valence electrons. The lowest BCUT2D eigenvalue weighted by Gasteiger charge is -2.53. The Hall–Kier alpha value is -2.86. The first kappa shape index (κ1) is 22.3. The van der Waals surface area contributed by atoms with Crippen molar-refractivity contribution in [2.45, 2.75) is 50.5 Å². The zero-order valence-electron chi connectivity index (χ0n) is 18.9. The van der Waals surface area contributed by atoms with Gasteiger partial charge in [0.25, 0.3) is 5.91 Å². The van der Waals surface area contributed by atoms with E-state index < -0.39 is 11.5 Å². The number of carbonyl (C=O) groups excluding carboxylic acids is 2. The third-order valence-corrected chi connectivity index (χ3v) is 6.77. The summed E-state index contributed by atoms with van der Waals surface area (Å²) in [6, 6.07) is 15.1. The molecule has 32 heavy (non-hydrogen) atoms. The summed E-state index contributed by atoms with van der Waals surface area (Å²) in [7, 11) is 1.64. The molecule has 0 radical (unpaired) electrons. The van der Waals surface area contributed by atoms with Crippen LogP contribution in [0.5, 0.6) is 5.75 Å². The molecule has 1 unspecified atom stereocenters. The lowest BCUT2D eigenvalue weighted by Crippen LogP contribution is -2.62. The van der Waals surface area contributed by atoms with Crippen molar-refractivity contribution in [3.8, 4) is 5.75 Å². The van der Waals surface area contributed by atoms with Gasteiger partial charge in [-0.2, -0.15) is 0 Å². The second-order valence-corrected chi connectivity index (χ2v) is 8.55. The highest BCUT2D eigenvalue weighted by molar-refractivity contribution is 6.05. The van der Waals surface area contributed by atoms with Gasteiger partial charge >= 0.3 is 0 Å². The molecule has 2 aliphatic rings. The highest BCUT2D eigenvalue weighted by Crippen LogP contribution is 2.49. The number of nitrogens with one attached hydrogen (secondary N) is 1. The molecule has 1 fully saturated rings.